The number of hydrogen-bond acceptors (Lipinski definition) is 4. The maximum atomic E-state index is 12.6. The summed E-state index contributed by atoms with van der Waals surface area (Å²) in [5.74, 6) is 0.883. The molecule has 29 heavy (non-hydrogen) atoms. The van der Waals surface area contributed by atoms with Gasteiger partial charge in [0.1, 0.15) is 0 Å². The number of halogens is 1. The second kappa shape index (κ2) is 11.3. The number of piperidine rings is 1. The number of likely N-dealkylation sites (N-methyl/N-ethyl adjacent to an activating group) is 1. The van der Waals surface area contributed by atoms with Gasteiger partial charge in [0, 0.05) is 70.8 Å². The molecular weight excluding hydrogens is 384 g/mol. The van der Waals surface area contributed by atoms with E-state index in [1.807, 2.05) is 24.1 Å². The molecular formula is C23H37ClN4O. The van der Waals surface area contributed by atoms with Crippen molar-refractivity contribution in [3.05, 3.63) is 34.9 Å². The van der Waals surface area contributed by atoms with E-state index >= 15 is 0 Å². The minimum absolute atomic E-state index is 0.294. The van der Waals surface area contributed by atoms with Crippen LogP contribution in [0.2, 0.25) is 5.02 Å². The molecule has 1 aromatic carbocycles. The van der Waals surface area contributed by atoms with Crippen LogP contribution in [0.5, 0.6) is 0 Å². The number of carbonyl (C=O) groups excluding carboxylic acids is 1. The van der Waals surface area contributed by atoms with E-state index in [0.717, 1.165) is 63.8 Å². The summed E-state index contributed by atoms with van der Waals surface area (Å²) in [6.45, 7) is 9.52. The summed E-state index contributed by atoms with van der Waals surface area (Å²) < 4.78 is 0. The molecule has 2 aliphatic heterocycles. The smallest absolute Gasteiger partial charge is 0.223 e. The summed E-state index contributed by atoms with van der Waals surface area (Å²) >= 11 is 5.98. The molecule has 0 saturated carbocycles. The number of likely N-dealkylation sites (tertiary alicyclic amines) is 1. The van der Waals surface area contributed by atoms with Crippen LogP contribution in [0, 0.1) is 5.92 Å². The highest BCUT2D eigenvalue weighted by Gasteiger charge is 2.23. The fraction of sp³-hybridized carbons (Fsp3) is 0.696. The summed E-state index contributed by atoms with van der Waals surface area (Å²) in [5, 5.41) is 0.798. The SMILES string of the molecule is CN1CCN(CCC(=O)N(C)C[C@H]2CCCN(CCc3ccc(Cl)cc3)C2)CC1. The van der Waals surface area contributed by atoms with Crippen LogP contribution in [-0.4, -0.2) is 98.5 Å². The van der Waals surface area contributed by atoms with Gasteiger partial charge >= 0.3 is 0 Å². The molecule has 2 fully saturated rings. The van der Waals surface area contributed by atoms with Crippen LogP contribution in [0.4, 0.5) is 0 Å². The number of carbonyl (C=O) groups is 1. The molecule has 1 aromatic rings. The van der Waals surface area contributed by atoms with E-state index in [9.17, 15) is 4.79 Å². The van der Waals surface area contributed by atoms with Crippen LogP contribution in [0.25, 0.3) is 0 Å². The molecule has 2 aliphatic rings. The fourth-order valence-corrected chi connectivity index (χ4v) is 4.57. The summed E-state index contributed by atoms with van der Waals surface area (Å²) in [6, 6.07) is 8.18. The van der Waals surface area contributed by atoms with Crippen LogP contribution >= 0.6 is 11.6 Å². The third-order valence-electron chi connectivity index (χ3n) is 6.43. The Morgan fingerprint density at radius 2 is 1.79 bits per heavy atom. The van der Waals surface area contributed by atoms with Crippen LogP contribution in [-0.2, 0) is 11.2 Å². The molecule has 1 atom stereocenters. The van der Waals surface area contributed by atoms with Crippen LogP contribution < -0.4 is 0 Å². The predicted octanol–water partition coefficient (Wildman–Crippen LogP) is 2.69. The molecule has 5 nitrogen and oxygen atoms in total. The number of hydrogen-bond donors (Lipinski definition) is 0. The first-order chi connectivity index (χ1) is 14.0. The zero-order valence-electron chi connectivity index (χ0n) is 18.2. The predicted molar refractivity (Wildman–Crippen MR) is 121 cm³/mol. The lowest BCUT2D eigenvalue weighted by Crippen LogP contribution is -2.46. The maximum Gasteiger partial charge on any atom is 0.223 e. The molecule has 0 radical (unpaired) electrons. The average molecular weight is 421 g/mol. The number of nitrogens with zero attached hydrogens (tertiary/aromatic N) is 4. The van der Waals surface area contributed by atoms with Crippen molar-refractivity contribution in [3.8, 4) is 0 Å². The van der Waals surface area contributed by atoms with Crippen LogP contribution in [0.15, 0.2) is 24.3 Å². The Kier molecular flexibility index (Phi) is 8.79. The first-order valence-corrected chi connectivity index (χ1v) is 11.5. The Morgan fingerprint density at radius 3 is 2.52 bits per heavy atom. The third-order valence-corrected chi connectivity index (χ3v) is 6.68. The van der Waals surface area contributed by atoms with Gasteiger partial charge in [-0.1, -0.05) is 23.7 Å². The molecule has 0 aliphatic carbocycles. The van der Waals surface area contributed by atoms with E-state index in [0.29, 0.717) is 18.2 Å². The Labute approximate surface area is 181 Å². The molecule has 0 aromatic heterocycles. The number of benzene rings is 1. The van der Waals surface area contributed by atoms with Gasteiger partial charge in [-0.2, -0.15) is 0 Å². The van der Waals surface area contributed by atoms with Crippen LogP contribution in [0.3, 0.4) is 0 Å². The molecule has 0 unspecified atom stereocenters. The van der Waals surface area contributed by atoms with Gasteiger partial charge < -0.3 is 19.6 Å². The third kappa shape index (κ3) is 7.56. The van der Waals surface area contributed by atoms with Crippen molar-refractivity contribution in [2.75, 3.05) is 73.0 Å². The second-order valence-electron chi connectivity index (χ2n) is 8.85. The van der Waals surface area contributed by atoms with Gasteiger partial charge in [0.2, 0.25) is 5.91 Å². The summed E-state index contributed by atoms with van der Waals surface area (Å²) in [6.07, 6.45) is 4.17. The molecule has 6 heteroatoms. The highest BCUT2D eigenvalue weighted by atomic mass is 35.5. The minimum atomic E-state index is 0.294. The molecule has 162 valence electrons. The van der Waals surface area contributed by atoms with Gasteiger partial charge in [0.15, 0.2) is 0 Å². The largest absolute Gasteiger partial charge is 0.345 e. The van der Waals surface area contributed by atoms with E-state index in [2.05, 4.69) is 33.9 Å². The summed E-state index contributed by atoms with van der Waals surface area (Å²) in [4.78, 5) is 21.9. The minimum Gasteiger partial charge on any atom is -0.345 e. The lowest BCUT2D eigenvalue weighted by molar-refractivity contribution is -0.131. The Balaban J connectivity index is 1.36. The van der Waals surface area contributed by atoms with Crippen molar-refractivity contribution in [1.29, 1.82) is 0 Å². The van der Waals surface area contributed by atoms with E-state index in [-0.39, 0.29) is 0 Å². The van der Waals surface area contributed by atoms with E-state index in [4.69, 9.17) is 11.6 Å². The van der Waals surface area contributed by atoms with Gasteiger partial charge in [-0.05, 0) is 56.5 Å². The molecule has 2 saturated heterocycles. The standard InChI is InChI=1S/C23H37ClN4O/c1-25-14-16-27(17-15-25)13-10-23(29)26(2)18-21-4-3-11-28(19-21)12-9-20-5-7-22(24)8-6-20/h5-8,21H,3-4,9-19H2,1-2H3/t21-/m1/s1. The molecule has 0 spiro atoms. The normalized spacial score (nSPS) is 22.0. The van der Waals surface area contributed by atoms with Crippen molar-refractivity contribution >= 4 is 17.5 Å². The number of rotatable bonds is 8. The van der Waals surface area contributed by atoms with Crippen LogP contribution in [0.1, 0.15) is 24.8 Å². The Hall–Kier alpha value is -1.14. The van der Waals surface area contributed by atoms with Gasteiger partial charge in [-0.3, -0.25) is 4.79 Å². The number of piperazine rings is 1. The van der Waals surface area contributed by atoms with E-state index < -0.39 is 0 Å². The number of amides is 1. The highest BCUT2D eigenvalue weighted by Crippen LogP contribution is 2.19. The Bertz CT molecular complexity index is 630. The maximum absolute atomic E-state index is 12.6. The zero-order valence-corrected chi connectivity index (χ0v) is 18.9. The first kappa shape index (κ1) is 22.5. The van der Waals surface area contributed by atoms with Crippen molar-refractivity contribution in [2.24, 2.45) is 5.92 Å². The molecule has 1 amide bonds. The van der Waals surface area contributed by atoms with Gasteiger partial charge in [0.05, 0.1) is 0 Å². The lowest BCUT2D eigenvalue weighted by atomic mass is 9.97. The molecule has 3 rings (SSSR count). The molecule has 0 N–H and O–H groups in total. The summed E-state index contributed by atoms with van der Waals surface area (Å²) in [7, 11) is 4.15. The molecule has 2 heterocycles. The van der Waals surface area contributed by atoms with E-state index in [1.165, 1.54) is 24.9 Å². The van der Waals surface area contributed by atoms with Gasteiger partial charge in [-0.25, -0.2) is 0 Å². The zero-order chi connectivity index (χ0) is 20.6. The highest BCUT2D eigenvalue weighted by molar-refractivity contribution is 6.30. The fourth-order valence-electron chi connectivity index (χ4n) is 4.45. The molecule has 0 bridgehead atoms. The monoisotopic (exact) mass is 420 g/mol. The van der Waals surface area contributed by atoms with Crippen molar-refractivity contribution < 1.29 is 4.79 Å². The van der Waals surface area contributed by atoms with Crippen molar-refractivity contribution in [3.63, 3.8) is 0 Å². The first-order valence-electron chi connectivity index (χ1n) is 11.1. The second-order valence-corrected chi connectivity index (χ2v) is 9.29. The van der Waals surface area contributed by atoms with Gasteiger partial charge in [0.25, 0.3) is 0 Å². The van der Waals surface area contributed by atoms with Gasteiger partial charge in [-0.15, -0.1) is 0 Å². The quantitative estimate of drug-likeness (QED) is 0.646. The lowest BCUT2D eigenvalue weighted by Gasteiger charge is -2.35. The van der Waals surface area contributed by atoms with Crippen molar-refractivity contribution in [1.82, 2.24) is 19.6 Å². The summed E-state index contributed by atoms with van der Waals surface area (Å²) in [5.41, 5.74) is 1.34. The average Bonchev–Trinajstić information content (AvgIpc) is 2.73. The topological polar surface area (TPSA) is 30.0 Å². The Morgan fingerprint density at radius 1 is 1.07 bits per heavy atom. The van der Waals surface area contributed by atoms with Crippen molar-refractivity contribution in [2.45, 2.75) is 25.7 Å². The van der Waals surface area contributed by atoms with E-state index in [1.54, 1.807) is 0 Å².